The molecule has 3 fully saturated rings. The molecule has 1 aromatic rings. The van der Waals surface area contributed by atoms with Gasteiger partial charge in [-0.25, -0.2) is 4.98 Å². The molecular weight excluding hydrogens is 368 g/mol. The number of hydrogen-bond donors (Lipinski definition) is 1. The van der Waals surface area contributed by atoms with Crippen LogP contribution in [-0.2, 0) is 26.3 Å². The molecule has 29 heavy (non-hydrogen) atoms. The van der Waals surface area contributed by atoms with Crippen molar-refractivity contribution in [2.24, 2.45) is 11.8 Å². The van der Waals surface area contributed by atoms with Gasteiger partial charge < -0.3 is 19.5 Å². The van der Waals surface area contributed by atoms with Gasteiger partial charge in [0.1, 0.15) is 0 Å². The SMILES string of the molecule is CC1(C)C[C@@H](C(=O)N2CCC3(CC2)c2nc[nH]c2CCN3C(=O)C2CC2)CCO1. The highest BCUT2D eigenvalue weighted by Gasteiger charge is 2.51. The molecule has 7 heteroatoms. The third kappa shape index (κ3) is 3.27. The fourth-order valence-electron chi connectivity index (χ4n) is 5.65. The molecule has 158 valence electrons. The molecule has 2 amide bonds. The summed E-state index contributed by atoms with van der Waals surface area (Å²) in [7, 11) is 0. The highest BCUT2D eigenvalue weighted by atomic mass is 16.5. The molecule has 0 radical (unpaired) electrons. The average molecular weight is 401 g/mol. The van der Waals surface area contributed by atoms with Crippen LogP contribution in [0.2, 0.25) is 0 Å². The Morgan fingerprint density at radius 3 is 2.55 bits per heavy atom. The van der Waals surface area contributed by atoms with Gasteiger partial charge in [-0.3, -0.25) is 9.59 Å². The van der Waals surface area contributed by atoms with Crippen molar-refractivity contribution in [3.05, 3.63) is 17.7 Å². The van der Waals surface area contributed by atoms with Gasteiger partial charge in [-0.2, -0.15) is 0 Å². The first kappa shape index (κ1) is 19.1. The maximum atomic E-state index is 13.2. The van der Waals surface area contributed by atoms with Gasteiger partial charge in [0.25, 0.3) is 0 Å². The van der Waals surface area contributed by atoms with E-state index in [2.05, 4.69) is 28.7 Å². The molecule has 4 heterocycles. The molecule has 5 rings (SSSR count). The van der Waals surface area contributed by atoms with Gasteiger partial charge in [0, 0.05) is 50.2 Å². The molecule has 1 N–H and O–H groups in total. The minimum atomic E-state index is -0.348. The number of likely N-dealkylation sites (tertiary alicyclic amines) is 1. The van der Waals surface area contributed by atoms with E-state index < -0.39 is 0 Å². The van der Waals surface area contributed by atoms with Crippen LogP contribution in [-0.4, -0.2) is 63.4 Å². The molecule has 0 aromatic carbocycles. The smallest absolute Gasteiger partial charge is 0.226 e. The first-order chi connectivity index (χ1) is 13.9. The molecule has 4 aliphatic rings. The van der Waals surface area contributed by atoms with Crippen molar-refractivity contribution >= 4 is 11.8 Å². The topological polar surface area (TPSA) is 78.5 Å². The monoisotopic (exact) mass is 400 g/mol. The minimum Gasteiger partial charge on any atom is -0.376 e. The van der Waals surface area contributed by atoms with Crippen molar-refractivity contribution < 1.29 is 14.3 Å². The summed E-state index contributed by atoms with van der Waals surface area (Å²) >= 11 is 0. The predicted molar refractivity (Wildman–Crippen MR) is 107 cm³/mol. The Morgan fingerprint density at radius 1 is 1.10 bits per heavy atom. The van der Waals surface area contributed by atoms with Gasteiger partial charge in [0.05, 0.1) is 23.2 Å². The summed E-state index contributed by atoms with van der Waals surface area (Å²) in [6.07, 6.45) is 7.78. The number of piperidine rings is 1. The summed E-state index contributed by atoms with van der Waals surface area (Å²) in [4.78, 5) is 38.4. The van der Waals surface area contributed by atoms with E-state index in [1.807, 2.05) is 4.90 Å². The van der Waals surface area contributed by atoms with Crippen LogP contribution in [0.15, 0.2) is 6.33 Å². The number of fused-ring (bicyclic) bond motifs is 2. The van der Waals surface area contributed by atoms with Crippen LogP contribution < -0.4 is 0 Å². The number of H-pyrrole nitrogens is 1. The highest BCUT2D eigenvalue weighted by molar-refractivity contribution is 5.82. The van der Waals surface area contributed by atoms with E-state index in [-0.39, 0.29) is 28.9 Å². The number of aromatic amines is 1. The summed E-state index contributed by atoms with van der Waals surface area (Å²) < 4.78 is 5.80. The molecular formula is C22H32N4O3. The zero-order valence-electron chi connectivity index (χ0n) is 17.6. The van der Waals surface area contributed by atoms with Crippen LogP contribution in [0.4, 0.5) is 0 Å². The lowest BCUT2D eigenvalue weighted by molar-refractivity contribution is -0.151. The van der Waals surface area contributed by atoms with Crippen LogP contribution in [0.3, 0.4) is 0 Å². The lowest BCUT2D eigenvalue weighted by Gasteiger charge is -2.51. The normalized spacial score (nSPS) is 28.3. The second-order valence-electron chi connectivity index (χ2n) is 9.90. The van der Waals surface area contributed by atoms with Gasteiger partial charge in [0.15, 0.2) is 0 Å². The summed E-state index contributed by atoms with van der Waals surface area (Å²) in [5, 5.41) is 0. The standard InChI is InChI=1S/C22H32N4O3/c1-21(2)13-16(6-12-29-21)19(27)25-10-7-22(8-11-25)18-17(23-14-24-18)5-9-26(22)20(28)15-3-4-15/h14-16H,3-13H2,1-2H3,(H,23,24)/t16-/m0/s1. The van der Waals surface area contributed by atoms with Crippen LogP contribution in [0.5, 0.6) is 0 Å². The number of aromatic nitrogens is 2. The number of imidazole rings is 1. The van der Waals surface area contributed by atoms with E-state index in [0.29, 0.717) is 25.6 Å². The third-order valence-electron chi connectivity index (χ3n) is 7.40. The summed E-state index contributed by atoms with van der Waals surface area (Å²) in [5.74, 6) is 0.805. The number of carbonyl (C=O) groups is 2. The van der Waals surface area contributed by atoms with Crippen molar-refractivity contribution in [2.45, 2.75) is 69.9 Å². The number of hydrogen-bond acceptors (Lipinski definition) is 4. The number of nitrogens with zero attached hydrogens (tertiary/aromatic N) is 3. The molecule has 0 unspecified atom stereocenters. The van der Waals surface area contributed by atoms with E-state index in [1.165, 1.54) is 0 Å². The fourth-order valence-corrected chi connectivity index (χ4v) is 5.65. The van der Waals surface area contributed by atoms with Crippen molar-refractivity contribution in [3.63, 3.8) is 0 Å². The Hall–Kier alpha value is -1.89. The lowest BCUT2D eigenvalue weighted by atomic mass is 9.78. The van der Waals surface area contributed by atoms with Crippen molar-refractivity contribution in [1.82, 2.24) is 19.8 Å². The Bertz CT molecular complexity index is 805. The van der Waals surface area contributed by atoms with E-state index in [4.69, 9.17) is 4.74 Å². The molecule has 0 bridgehead atoms. The molecule has 2 saturated heterocycles. The number of ether oxygens (including phenoxy) is 1. The minimum absolute atomic E-state index is 0.0456. The quantitative estimate of drug-likeness (QED) is 0.826. The molecule has 3 aliphatic heterocycles. The first-order valence-corrected chi connectivity index (χ1v) is 11.2. The van der Waals surface area contributed by atoms with Crippen molar-refractivity contribution in [3.8, 4) is 0 Å². The Balaban J connectivity index is 1.34. The van der Waals surface area contributed by atoms with Gasteiger partial charge in [0.2, 0.25) is 11.8 Å². The van der Waals surface area contributed by atoms with Crippen molar-refractivity contribution in [2.75, 3.05) is 26.2 Å². The second-order valence-corrected chi connectivity index (χ2v) is 9.90. The lowest BCUT2D eigenvalue weighted by Crippen LogP contribution is -2.59. The average Bonchev–Trinajstić information content (AvgIpc) is 3.44. The second kappa shape index (κ2) is 6.83. The van der Waals surface area contributed by atoms with Gasteiger partial charge in [-0.15, -0.1) is 0 Å². The van der Waals surface area contributed by atoms with Crippen LogP contribution in [0, 0.1) is 11.8 Å². The van der Waals surface area contributed by atoms with Crippen LogP contribution >= 0.6 is 0 Å². The van der Waals surface area contributed by atoms with Gasteiger partial charge in [-0.05, 0) is 52.4 Å². The molecule has 7 nitrogen and oxygen atoms in total. The fraction of sp³-hybridized carbons (Fsp3) is 0.773. The highest BCUT2D eigenvalue weighted by Crippen LogP contribution is 2.45. The zero-order chi connectivity index (χ0) is 20.2. The van der Waals surface area contributed by atoms with Crippen molar-refractivity contribution in [1.29, 1.82) is 0 Å². The molecule has 1 atom stereocenters. The maximum Gasteiger partial charge on any atom is 0.226 e. The zero-order valence-corrected chi connectivity index (χ0v) is 17.6. The largest absolute Gasteiger partial charge is 0.376 e. The number of carbonyl (C=O) groups excluding carboxylic acids is 2. The van der Waals surface area contributed by atoms with E-state index >= 15 is 0 Å². The molecule has 1 aromatic heterocycles. The Morgan fingerprint density at radius 2 is 1.86 bits per heavy atom. The van der Waals surface area contributed by atoms with E-state index in [0.717, 1.165) is 62.9 Å². The Kier molecular flexibility index (Phi) is 4.49. The molecule has 1 aliphatic carbocycles. The van der Waals surface area contributed by atoms with Gasteiger partial charge >= 0.3 is 0 Å². The van der Waals surface area contributed by atoms with E-state index in [9.17, 15) is 9.59 Å². The predicted octanol–water partition coefficient (Wildman–Crippen LogP) is 2.23. The maximum absolute atomic E-state index is 13.2. The first-order valence-electron chi connectivity index (χ1n) is 11.2. The van der Waals surface area contributed by atoms with E-state index in [1.54, 1.807) is 6.33 Å². The number of rotatable bonds is 2. The molecule has 1 spiro atoms. The number of amides is 2. The Labute approximate surface area is 172 Å². The van der Waals surface area contributed by atoms with Crippen LogP contribution in [0.25, 0.3) is 0 Å². The summed E-state index contributed by atoms with van der Waals surface area (Å²) in [6.45, 7) is 6.93. The van der Waals surface area contributed by atoms with Gasteiger partial charge in [-0.1, -0.05) is 0 Å². The van der Waals surface area contributed by atoms with Crippen LogP contribution in [0.1, 0.15) is 63.8 Å². The number of nitrogens with one attached hydrogen (secondary N) is 1. The third-order valence-corrected chi connectivity index (χ3v) is 7.40. The summed E-state index contributed by atoms with van der Waals surface area (Å²) in [6, 6.07) is 0. The molecule has 1 saturated carbocycles. The summed E-state index contributed by atoms with van der Waals surface area (Å²) in [5.41, 5.74) is 1.63.